The highest BCUT2D eigenvalue weighted by molar-refractivity contribution is 7.13. The third-order valence-electron chi connectivity index (χ3n) is 3.57. The molecule has 0 aliphatic rings. The van der Waals surface area contributed by atoms with Gasteiger partial charge in [0, 0.05) is 16.1 Å². The Morgan fingerprint density at radius 2 is 2.00 bits per heavy atom. The Morgan fingerprint density at radius 3 is 2.71 bits per heavy atom. The molecule has 1 aromatic heterocycles. The third-order valence-corrected chi connectivity index (χ3v) is 4.47. The normalized spacial score (nSPS) is 10.4. The van der Waals surface area contributed by atoms with Crippen molar-refractivity contribution in [3.8, 4) is 16.2 Å². The number of carbonyl (C=O) groups excluding carboxylic acids is 1. The van der Waals surface area contributed by atoms with Crippen molar-refractivity contribution in [2.75, 3.05) is 12.4 Å². The summed E-state index contributed by atoms with van der Waals surface area (Å²) in [6.45, 7) is 0. The number of para-hydroxylation sites is 1. The fraction of sp³-hybridized carbons (Fsp3) is 0.105. The van der Waals surface area contributed by atoms with Crippen molar-refractivity contribution in [1.82, 2.24) is 0 Å². The van der Waals surface area contributed by atoms with Crippen LogP contribution in [0.2, 0.25) is 0 Å². The molecular weight excluding hydrogens is 325 g/mol. The van der Waals surface area contributed by atoms with Gasteiger partial charge in [-0.2, -0.15) is 0 Å². The average molecular weight is 341 g/mol. The first-order chi connectivity index (χ1) is 11.7. The van der Waals surface area contributed by atoms with Gasteiger partial charge < -0.3 is 10.1 Å². The second-order valence-electron chi connectivity index (χ2n) is 5.22. The van der Waals surface area contributed by atoms with E-state index in [2.05, 4.69) is 5.32 Å². The topological polar surface area (TPSA) is 38.3 Å². The van der Waals surface area contributed by atoms with Crippen molar-refractivity contribution in [3.63, 3.8) is 0 Å². The molecule has 3 rings (SSSR count). The fourth-order valence-electron chi connectivity index (χ4n) is 2.44. The Bertz CT molecular complexity index is 846. The number of thiophene rings is 1. The van der Waals surface area contributed by atoms with Crippen LogP contribution in [0.3, 0.4) is 0 Å². The van der Waals surface area contributed by atoms with Gasteiger partial charge in [0.2, 0.25) is 5.91 Å². The molecule has 0 fully saturated rings. The van der Waals surface area contributed by atoms with E-state index in [0.29, 0.717) is 5.56 Å². The lowest BCUT2D eigenvalue weighted by Crippen LogP contribution is -2.15. The second kappa shape index (κ2) is 7.27. The molecule has 0 saturated heterocycles. The number of halogens is 1. The van der Waals surface area contributed by atoms with Crippen LogP contribution in [-0.2, 0) is 11.2 Å². The van der Waals surface area contributed by atoms with Crippen LogP contribution >= 0.6 is 11.3 Å². The Kier molecular flexibility index (Phi) is 4.91. The number of hydrogen-bond acceptors (Lipinski definition) is 3. The summed E-state index contributed by atoms with van der Waals surface area (Å²) in [5.74, 6) is -0.493. The van der Waals surface area contributed by atoms with Crippen molar-refractivity contribution in [3.05, 3.63) is 71.4 Å². The number of rotatable bonds is 5. The highest BCUT2D eigenvalue weighted by Crippen LogP contribution is 2.31. The van der Waals surface area contributed by atoms with E-state index in [4.69, 9.17) is 4.74 Å². The smallest absolute Gasteiger partial charge is 0.228 e. The maximum Gasteiger partial charge on any atom is 0.228 e. The molecule has 1 amide bonds. The lowest BCUT2D eigenvalue weighted by atomic mass is 10.1. The standard InChI is InChI=1S/C19H16FNO2S/c1-23-17-9-8-13(11-15(17)20)12-19(22)21-16-6-3-2-5-14(16)18-7-4-10-24-18/h2-11H,12H2,1H3,(H,21,22). The van der Waals surface area contributed by atoms with Gasteiger partial charge in [-0.15, -0.1) is 11.3 Å². The van der Waals surface area contributed by atoms with Crippen LogP contribution in [0, 0.1) is 5.82 Å². The number of carbonyl (C=O) groups is 1. The average Bonchev–Trinajstić information content (AvgIpc) is 3.10. The van der Waals surface area contributed by atoms with E-state index in [1.165, 1.54) is 19.2 Å². The van der Waals surface area contributed by atoms with Crippen molar-refractivity contribution in [1.29, 1.82) is 0 Å². The molecule has 3 nitrogen and oxygen atoms in total. The van der Waals surface area contributed by atoms with Gasteiger partial charge in [0.1, 0.15) is 0 Å². The van der Waals surface area contributed by atoms with Crippen molar-refractivity contribution in [2.24, 2.45) is 0 Å². The molecular formula is C19H16FNO2S. The summed E-state index contributed by atoms with van der Waals surface area (Å²) in [5.41, 5.74) is 2.32. The first-order valence-electron chi connectivity index (χ1n) is 7.42. The molecule has 1 N–H and O–H groups in total. The van der Waals surface area contributed by atoms with Gasteiger partial charge in [0.15, 0.2) is 11.6 Å². The van der Waals surface area contributed by atoms with E-state index in [-0.39, 0.29) is 18.1 Å². The molecule has 0 saturated carbocycles. The van der Waals surface area contributed by atoms with Crippen LogP contribution in [0.4, 0.5) is 10.1 Å². The predicted octanol–water partition coefficient (Wildman–Crippen LogP) is 4.74. The molecule has 24 heavy (non-hydrogen) atoms. The van der Waals surface area contributed by atoms with E-state index in [0.717, 1.165) is 16.1 Å². The molecule has 0 radical (unpaired) electrons. The van der Waals surface area contributed by atoms with Crippen LogP contribution in [0.15, 0.2) is 60.0 Å². The largest absolute Gasteiger partial charge is 0.494 e. The molecule has 0 unspecified atom stereocenters. The van der Waals surface area contributed by atoms with E-state index in [9.17, 15) is 9.18 Å². The maximum atomic E-state index is 13.7. The monoisotopic (exact) mass is 341 g/mol. The highest BCUT2D eigenvalue weighted by atomic mass is 32.1. The first-order valence-corrected chi connectivity index (χ1v) is 8.30. The number of amides is 1. The lowest BCUT2D eigenvalue weighted by molar-refractivity contribution is -0.115. The second-order valence-corrected chi connectivity index (χ2v) is 6.16. The van der Waals surface area contributed by atoms with E-state index < -0.39 is 5.82 Å². The van der Waals surface area contributed by atoms with Crippen LogP contribution in [0.1, 0.15) is 5.56 Å². The van der Waals surface area contributed by atoms with Gasteiger partial charge >= 0.3 is 0 Å². The molecule has 122 valence electrons. The Balaban J connectivity index is 1.75. The number of ether oxygens (including phenoxy) is 1. The van der Waals surface area contributed by atoms with Crippen LogP contribution in [0.25, 0.3) is 10.4 Å². The zero-order chi connectivity index (χ0) is 16.9. The molecule has 0 atom stereocenters. The van der Waals surface area contributed by atoms with Gasteiger partial charge in [0.25, 0.3) is 0 Å². The van der Waals surface area contributed by atoms with Crippen molar-refractivity contribution < 1.29 is 13.9 Å². The van der Waals surface area contributed by atoms with Gasteiger partial charge in [-0.05, 0) is 35.2 Å². The van der Waals surface area contributed by atoms with Gasteiger partial charge in [-0.25, -0.2) is 4.39 Å². The lowest BCUT2D eigenvalue weighted by Gasteiger charge is -2.10. The van der Waals surface area contributed by atoms with Gasteiger partial charge in [0.05, 0.1) is 13.5 Å². The summed E-state index contributed by atoms with van der Waals surface area (Å²) < 4.78 is 18.6. The highest BCUT2D eigenvalue weighted by Gasteiger charge is 2.11. The van der Waals surface area contributed by atoms with Crippen LogP contribution in [0.5, 0.6) is 5.75 Å². The summed E-state index contributed by atoms with van der Waals surface area (Å²) in [7, 11) is 1.41. The molecule has 2 aromatic carbocycles. The first kappa shape index (κ1) is 16.2. The minimum atomic E-state index is -0.471. The zero-order valence-electron chi connectivity index (χ0n) is 13.1. The quantitative estimate of drug-likeness (QED) is 0.728. The number of hydrogen-bond donors (Lipinski definition) is 1. The predicted molar refractivity (Wildman–Crippen MR) is 95.0 cm³/mol. The minimum Gasteiger partial charge on any atom is -0.494 e. The number of methoxy groups -OCH3 is 1. The van der Waals surface area contributed by atoms with Crippen LogP contribution < -0.4 is 10.1 Å². The summed E-state index contributed by atoms with van der Waals surface area (Å²) in [6, 6.07) is 16.2. The summed E-state index contributed by atoms with van der Waals surface area (Å²) in [5, 5.41) is 4.90. The molecule has 3 aromatic rings. The molecule has 5 heteroatoms. The van der Waals surface area contributed by atoms with E-state index in [1.807, 2.05) is 41.8 Å². The molecule has 0 bridgehead atoms. The molecule has 0 aliphatic heterocycles. The van der Waals surface area contributed by atoms with Crippen molar-refractivity contribution >= 4 is 22.9 Å². The Hall–Kier alpha value is -2.66. The number of nitrogens with one attached hydrogen (secondary N) is 1. The summed E-state index contributed by atoms with van der Waals surface area (Å²) in [6.07, 6.45) is 0.0969. The molecule has 0 spiro atoms. The number of benzene rings is 2. The summed E-state index contributed by atoms with van der Waals surface area (Å²) in [4.78, 5) is 13.4. The molecule has 1 heterocycles. The zero-order valence-corrected chi connectivity index (χ0v) is 13.9. The van der Waals surface area contributed by atoms with E-state index >= 15 is 0 Å². The molecule has 0 aliphatic carbocycles. The van der Waals surface area contributed by atoms with Crippen molar-refractivity contribution in [2.45, 2.75) is 6.42 Å². The fourth-order valence-corrected chi connectivity index (χ4v) is 3.20. The minimum absolute atomic E-state index is 0.0969. The summed E-state index contributed by atoms with van der Waals surface area (Å²) >= 11 is 1.61. The van der Waals surface area contributed by atoms with Gasteiger partial charge in [-0.3, -0.25) is 4.79 Å². The van der Waals surface area contributed by atoms with E-state index in [1.54, 1.807) is 17.4 Å². The third kappa shape index (κ3) is 3.63. The van der Waals surface area contributed by atoms with Crippen LogP contribution in [-0.4, -0.2) is 13.0 Å². The Labute approximate surface area is 143 Å². The number of anilines is 1. The maximum absolute atomic E-state index is 13.7. The Morgan fingerprint density at radius 1 is 1.17 bits per heavy atom. The SMILES string of the molecule is COc1ccc(CC(=O)Nc2ccccc2-c2cccs2)cc1F. The van der Waals surface area contributed by atoms with Gasteiger partial charge in [-0.1, -0.05) is 30.3 Å².